The van der Waals surface area contributed by atoms with E-state index in [0.717, 1.165) is 0 Å². The molecule has 0 amide bonds. The van der Waals surface area contributed by atoms with E-state index in [9.17, 15) is 0 Å². The number of pyridine rings is 1. The van der Waals surface area contributed by atoms with Crippen molar-refractivity contribution in [3.63, 3.8) is 0 Å². The van der Waals surface area contributed by atoms with Gasteiger partial charge in [-0.05, 0) is 57.5 Å². The van der Waals surface area contributed by atoms with Crippen molar-refractivity contribution in [3.05, 3.63) is 29.6 Å². The van der Waals surface area contributed by atoms with Gasteiger partial charge in [0.1, 0.15) is 0 Å². The second kappa shape index (κ2) is 4.81. The first-order chi connectivity index (χ1) is 9.70. The Morgan fingerprint density at radius 2 is 1.85 bits per heavy atom. The Kier molecular flexibility index (Phi) is 3.38. The van der Waals surface area contributed by atoms with Crippen LogP contribution in [0.1, 0.15) is 56.8 Å². The third kappa shape index (κ3) is 1.63. The van der Waals surface area contributed by atoms with Crippen molar-refractivity contribution < 1.29 is 0 Å². The van der Waals surface area contributed by atoms with Gasteiger partial charge in [-0.15, -0.1) is 0 Å². The van der Waals surface area contributed by atoms with E-state index >= 15 is 0 Å². The molecule has 1 unspecified atom stereocenters. The zero-order valence-electron chi connectivity index (χ0n) is 13.0. The van der Waals surface area contributed by atoms with Gasteiger partial charge >= 0.3 is 0 Å². The number of fused-ring (bicyclic) bond motifs is 3. The molecule has 1 saturated carbocycles. The van der Waals surface area contributed by atoms with Crippen LogP contribution in [-0.4, -0.2) is 30.0 Å². The van der Waals surface area contributed by atoms with Crippen LogP contribution in [0, 0.1) is 5.41 Å². The normalized spacial score (nSPS) is 28.9. The largest absolute Gasteiger partial charge is 0.323 e. The van der Waals surface area contributed by atoms with Crippen LogP contribution in [0.2, 0.25) is 0 Å². The summed E-state index contributed by atoms with van der Waals surface area (Å²) < 4.78 is 0. The highest BCUT2D eigenvalue weighted by Gasteiger charge is 2.68. The summed E-state index contributed by atoms with van der Waals surface area (Å²) in [6.07, 6.45) is 7.02. The summed E-state index contributed by atoms with van der Waals surface area (Å²) in [5.74, 6) is 0. The number of nitrogens with zero attached hydrogens (tertiary/aromatic N) is 2. The van der Waals surface area contributed by atoms with Gasteiger partial charge in [0, 0.05) is 23.1 Å². The van der Waals surface area contributed by atoms with Crippen LogP contribution >= 0.6 is 0 Å². The smallest absolute Gasteiger partial charge is 0.0519 e. The quantitative estimate of drug-likeness (QED) is 0.790. The third-order valence-electron chi connectivity index (χ3n) is 5.80. The van der Waals surface area contributed by atoms with Crippen molar-refractivity contribution >= 4 is 0 Å². The van der Waals surface area contributed by atoms with Crippen LogP contribution < -0.4 is 5.73 Å². The molecule has 110 valence electrons. The molecule has 1 saturated heterocycles. The minimum Gasteiger partial charge on any atom is -0.323 e. The van der Waals surface area contributed by atoms with Gasteiger partial charge in [-0.1, -0.05) is 19.9 Å². The molecule has 1 aliphatic heterocycles. The number of rotatable bonds is 0. The summed E-state index contributed by atoms with van der Waals surface area (Å²) >= 11 is 0. The molecule has 3 aliphatic rings. The van der Waals surface area contributed by atoms with Crippen LogP contribution in [0.25, 0.3) is 0 Å². The Hall–Kier alpha value is -0.930. The molecule has 2 spiro atoms. The van der Waals surface area contributed by atoms with E-state index in [2.05, 4.69) is 18.0 Å². The zero-order valence-corrected chi connectivity index (χ0v) is 13.0. The molecule has 1 aromatic rings. The fourth-order valence-electron chi connectivity index (χ4n) is 4.57. The van der Waals surface area contributed by atoms with Gasteiger partial charge in [-0.2, -0.15) is 0 Å². The Morgan fingerprint density at radius 3 is 2.45 bits per heavy atom. The van der Waals surface area contributed by atoms with E-state index in [4.69, 9.17) is 10.7 Å². The van der Waals surface area contributed by atoms with Crippen LogP contribution in [0.15, 0.2) is 18.3 Å². The topological polar surface area (TPSA) is 42.1 Å². The predicted octanol–water partition coefficient (Wildman–Crippen LogP) is 2.86. The molecule has 2 aliphatic carbocycles. The lowest BCUT2D eigenvalue weighted by Gasteiger charge is -2.45. The molecular weight excluding hydrogens is 246 g/mol. The molecule has 1 aromatic heterocycles. The van der Waals surface area contributed by atoms with Gasteiger partial charge in [-0.3, -0.25) is 4.98 Å². The molecule has 2 fully saturated rings. The number of piperidine rings is 1. The van der Waals surface area contributed by atoms with E-state index in [1.54, 1.807) is 0 Å². The van der Waals surface area contributed by atoms with Crippen LogP contribution in [0.4, 0.5) is 0 Å². The highest BCUT2D eigenvalue weighted by Crippen LogP contribution is 2.71. The minimum atomic E-state index is 0.206. The van der Waals surface area contributed by atoms with Gasteiger partial charge in [0.15, 0.2) is 0 Å². The van der Waals surface area contributed by atoms with Gasteiger partial charge in [0.25, 0.3) is 0 Å². The molecule has 0 bridgehead atoms. The van der Waals surface area contributed by atoms with Gasteiger partial charge in [0.2, 0.25) is 0 Å². The first-order valence-corrected chi connectivity index (χ1v) is 8.09. The number of nitrogens with two attached hydrogens (primary N) is 1. The highest BCUT2D eigenvalue weighted by molar-refractivity contribution is 5.46. The second-order valence-electron chi connectivity index (χ2n) is 6.46. The standard InChI is InChI=1S/C15H21N3.C2H6/c1-18-9-6-14(7-10-18)12(16)11-3-2-8-17-13(11)15(14)4-5-15;1-2/h2-3,8,12H,4-7,9-10,16H2,1H3;1-2H3. The van der Waals surface area contributed by atoms with Gasteiger partial charge in [-0.25, -0.2) is 0 Å². The molecule has 2 heterocycles. The van der Waals surface area contributed by atoms with Crippen molar-refractivity contribution in [1.82, 2.24) is 9.88 Å². The SMILES string of the molecule is CC.CN1CCC2(CC1)C(N)c1cccnc1C21CC1. The summed E-state index contributed by atoms with van der Waals surface area (Å²) in [7, 11) is 2.22. The summed E-state index contributed by atoms with van der Waals surface area (Å²) in [5, 5.41) is 0. The maximum Gasteiger partial charge on any atom is 0.0519 e. The fourth-order valence-corrected chi connectivity index (χ4v) is 4.57. The second-order valence-corrected chi connectivity index (χ2v) is 6.46. The summed E-state index contributed by atoms with van der Waals surface area (Å²) in [4.78, 5) is 7.13. The summed E-state index contributed by atoms with van der Waals surface area (Å²) in [5.41, 5.74) is 9.97. The molecular formula is C17H27N3. The Bertz CT molecular complexity index is 485. The monoisotopic (exact) mass is 273 g/mol. The lowest BCUT2D eigenvalue weighted by Crippen LogP contribution is -2.47. The maximum atomic E-state index is 6.66. The number of likely N-dealkylation sites (tertiary alicyclic amines) is 1. The van der Waals surface area contributed by atoms with E-state index in [-0.39, 0.29) is 6.04 Å². The lowest BCUT2D eigenvalue weighted by molar-refractivity contribution is 0.0674. The average molecular weight is 273 g/mol. The van der Waals surface area contributed by atoms with Crippen molar-refractivity contribution in [2.24, 2.45) is 11.1 Å². The van der Waals surface area contributed by atoms with E-state index in [1.807, 2.05) is 26.1 Å². The number of hydrogen-bond donors (Lipinski definition) is 1. The predicted molar refractivity (Wildman–Crippen MR) is 82.6 cm³/mol. The van der Waals surface area contributed by atoms with E-state index < -0.39 is 0 Å². The third-order valence-corrected chi connectivity index (χ3v) is 5.80. The molecule has 1 atom stereocenters. The molecule has 0 aromatic carbocycles. The first kappa shape index (κ1) is 14.0. The first-order valence-electron chi connectivity index (χ1n) is 8.09. The Balaban J connectivity index is 0.000000581. The molecule has 4 rings (SSSR count). The molecule has 2 N–H and O–H groups in total. The molecule has 3 nitrogen and oxygen atoms in total. The minimum absolute atomic E-state index is 0.206. The number of aromatic nitrogens is 1. The highest BCUT2D eigenvalue weighted by atomic mass is 15.1. The van der Waals surface area contributed by atoms with Crippen LogP contribution in [-0.2, 0) is 5.41 Å². The van der Waals surface area contributed by atoms with Crippen molar-refractivity contribution in [2.45, 2.75) is 51.0 Å². The van der Waals surface area contributed by atoms with Crippen molar-refractivity contribution in [1.29, 1.82) is 0 Å². The molecule has 3 heteroatoms. The molecule has 20 heavy (non-hydrogen) atoms. The van der Waals surface area contributed by atoms with Crippen LogP contribution in [0.5, 0.6) is 0 Å². The molecule has 0 radical (unpaired) electrons. The van der Waals surface area contributed by atoms with Gasteiger partial charge in [0.05, 0.1) is 5.69 Å². The van der Waals surface area contributed by atoms with Crippen LogP contribution in [0.3, 0.4) is 0 Å². The van der Waals surface area contributed by atoms with Crippen molar-refractivity contribution in [2.75, 3.05) is 20.1 Å². The summed E-state index contributed by atoms with van der Waals surface area (Å²) in [6.45, 7) is 6.37. The lowest BCUT2D eigenvalue weighted by atomic mass is 9.65. The van der Waals surface area contributed by atoms with Gasteiger partial charge < -0.3 is 10.6 Å². The summed E-state index contributed by atoms with van der Waals surface area (Å²) in [6, 6.07) is 4.46. The van der Waals surface area contributed by atoms with E-state index in [0.29, 0.717) is 10.8 Å². The van der Waals surface area contributed by atoms with E-state index in [1.165, 1.54) is 50.0 Å². The fraction of sp³-hybridized carbons (Fsp3) is 0.706. The number of hydrogen-bond acceptors (Lipinski definition) is 3. The average Bonchev–Trinajstić information content (AvgIpc) is 3.28. The Morgan fingerprint density at radius 1 is 1.20 bits per heavy atom. The van der Waals surface area contributed by atoms with Crippen molar-refractivity contribution in [3.8, 4) is 0 Å². The zero-order chi connectivity index (χ0) is 14.4. The maximum absolute atomic E-state index is 6.66. The Labute approximate surface area is 122 Å².